The van der Waals surface area contributed by atoms with E-state index in [0.717, 1.165) is 5.69 Å². The summed E-state index contributed by atoms with van der Waals surface area (Å²) in [6.07, 6.45) is 0. The highest BCUT2D eigenvalue weighted by atomic mass is 35.5. The van der Waals surface area contributed by atoms with Gasteiger partial charge in [-0.25, -0.2) is 8.42 Å². The predicted octanol–water partition coefficient (Wildman–Crippen LogP) is 4.11. The van der Waals surface area contributed by atoms with Crippen LogP contribution in [-0.4, -0.2) is 38.9 Å². The molecule has 3 rings (SSSR count). The summed E-state index contributed by atoms with van der Waals surface area (Å²) in [4.78, 5) is 2.40. The summed E-state index contributed by atoms with van der Waals surface area (Å²) in [6.45, 7) is 5.88. The summed E-state index contributed by atoms with van der Waals surface area (Å²) in [7, 11) is -3.66. The molecule has 0 amide bonds. The quantitative estimate of drug-likeness (QED) is 0.734. The molecule has 1 heterocycles. The Morgan fingerprint density at radius 1 is 1.00 bits per heavy atom. The Morgan fingerprint density at radius 2 is 1.61 bits per heavy atom. The molecule has 2 aromatic rings. The Kier molecular flexibility index (Phi) is 6.29. The molecular weight excluding hydrogens is 394 g/mol. The third-order valence-corrected chi connectivity index (χ3v) is 7.33. The molecule has 0 spiro atoms. The average molecular weight is 418 g/mol. The molecular formula is C21H24ClN3O2S. The van der Waals surface area contributed by atoms with Crippen molar-refractivity contribution < 1.29 is 8.42 Å². The first-order valence-electron chi connectivity index (χ1n) is 9.34. The Labute approximate surface area is 172 Å². The molecule has 1 atom stereocenters. The Bertz CT molecular complexity index is 960. The van der Waals surface area contributed by atoms with Crippen molar-refractivity contribution in [3.63, 3.8) is 0 Å². The highest BCUT2D eigenvalue weighted by Gasteiger charge is 2.32. The summed E-state index contributed by atoms with van der Waals surface area (Å²) in [6, 6.07) is 16.7. The second-order valence-corrected chi connectivity index (χ2v) is 9.60. The molecule has 2 aromatic carbocycles. The number of nitriles is 1. The normalized spacial score (nSPS) is 16.8. The Balaban J connectivity index is 1.82. The predicted molar refractivity (Wildman–Crippen MR) is 112 cm³/mol. The fourth-order valence-electron chi connectivity index (χ4n) is 3.53. The minimum atomic E-state index is -3.66. The standard InChI is InChI=1S/C21H24ClN3O2S/c1-16(2)20(15-23)19-5-3-4-6-21(19)28(26,27)25-13-11-24(12-14-25)18-9-7-17(22)8-10-18/h3-10,16,20H,11-14H2,1-2H3. The summed E-state index contributed by atoms with van der Waals surface area (Å²) < 4.78 is 28.2. The van der Waals surface area contributed by atoms with E-state index in [0.29, 0.717) is 36.8 Å². The van der Waals surface area contributed by atoms with Gasteiger partial charge in [0.1, 0.15) is 0 Å². The lowest BCUT2D eigenvalue weighted by molar-refractivity contribution is 0.384. The summed E-state index contributed by atoms with van der Waals surface area (Å²) >= 11 is 5.95. The van der Waals surface area contributed by atoms with Gasteiger partial charge in [-0.1, -0.05) is 43.6 Å². The third kappa shape index (κ3) is 4.17. The minimum Gasteiger partial charge on any atom is -0.369 e. The molecule has 0 aromatic heterocycles. The number of rotatable bonds is 5. The molecule has 0 saturated carbocycles. The van der Waals surface area contributed by atoms with E-state index >= 15 is 0 Å². The summed E-state index contributed by atoms with van der Waals surface area (Å²) in [5.74, 6) is -0.426. The Hall–Kier alpha value is -2.07. The van der Waals surface area contributed by atoms with Gasteiger partial charge in [0.15, 0.2) is 0 Å². The topological polar surface area (TPSA) is 64.4 Å². The van der Waals surface area contributed by atoms with E-state index in [1.807, 2.05) is 38.1 Å². The zero-order valence-electron chi connectivity index (χ0n) is 16.0. The van der Waals surface area contributed by atoms with Crippen molar-refractivity contribution in [2.45, 2.75) is 24.7 Å². The molecule has 0 bridgehead atoms. The van der Waals surface area contributed by atoms with Gasteiger partial charge < -0.3 is 4.90 Å². The fraction of sp³-hybridized carbons (Fsp3) is 0.381. The number of anilines is 1. The maximum Gasteiger partial charge on any atom is 0.243 e. The molecule has 1 aliphatic rings. The average Bonchev–Trinajstić information content (AvgIpc) is 2.69. The number of piperazine rings is 1. The molecule has 1 saturated heterocycles. The zero-order chi connectivity index (χ0) is 20.3. The van der Waals surface area contributed by atoms with Crippen molar-refractivity contribution in [3.8, 4) is 6.07 Å². The van der Waals surface area contributed by atoms with Gasteiger partial charge in [0.2, 0.25) is 10.0 Å². The maximum atomic E-state index is 13.3. The summed E-state index contributed by atoms with van der Waals surface area (Å²) in [5.41, 5.74) is 1.62. The largest absolute Gasteiger partial charge is 0.369 e. The van der Waals surface area contributed by atoms with Crippen molar-refractivity contribution in [1.82, 2.24) is 4.31 Å². The first-order chi connectivity index (χ1) is 13.3. The van der Waals surface area contributed by atoms with Crippen molar-refractivity contribution in [2.75, 3.05) is 31.1 Å². The molecule has 0 N–H and O–H groups in total. The van der Waals surface area contributed by atoms with Crippen molar-refractivity contribution in [3.05, 3.63) is 59.1 Å². The smallest absolute Gasteiger partial charge is 0.243 e. The van der Waals surface area contributed by atoms with Crippen LogP contribution in [0.4, 0.5) is 5.69 Å². The molecule has 0 aliphatic carbocycles. The van der Waals surface area contributed by atoms with Crippen molar-refractivity contribution in [2.24, 2.45) is 5.92 Å². The van der Waals surface area contributed by atoms with E-state index in [1.54, 1.807) is 24.3 Å². The van der Waals surface area contributed by atoms with Crippen LogP contribution in [0, 0.1) is 17.2 Å². The SMILES string of the molecule is CC(C)C(C#N)c1ccccc1S(=O)(=O)N1CCN(c2ccc(Cl)cc2)CC1. The minimum absolute atomic E-state index is 0.0307. The number of benzene rings is 2. The van der Waals surface area contributed by atoms with Crippen LogP contribution in [0.15, 0.2) is 53.4 Å². The number of nitrogens with zero attached hydrogens (tertiary/aromatic N) is 3. The van der Waals surface area contributed by atoms with Gasteiger partial charge in [0.05, 0.1) is 16.9 Å². The molecule has 1 unspecified atom stereocenters. The van der Waals surface area contributed by atoms with Gasteiger partial charge in [-0.05, 0) is 41.8 Å². The van der Waals surface area contributed by atoms with Crippen molar-refractivity contribution >= 4 is 27.3 Å². The van der Waals surface area contributed by atoms with Gasteiger partial charge in [0.25, 0.3) is 0 Å². The molecule has 1 fully saturated rings. The van der Waals surface area contributed by atoms with Crippen LogP contribution in [0.25, 0.3) is 0 Å². The lowest BCUT2D eigenvalue weighted by atomic mass is 9.90. The van der Waals surface area contributed by atoms with Crippen LogP contribution in [0.3, 0.4) is 0 Å². The summed E-state index contributed by atoms with van der Waals surface area (Å²) in [5, 5.41) is 10.2. The van der Waals surface area contributed by atoms with Crippen LogP contribution >= 0.6 is 11.6 Å². The molecule has 148 valence electrons. The maximum absolute atomic E-state index is 13.3. The fourth-order valence-corrected chi connectivity index (χ4v) is 5.32. The molecule has 1 aliphatic heterocycles. The van der Waals surface area contributed by atoms with Crippen molar-refractivity contribution in [1.29, 1.82) is 5.26 Å². The lowest BCUT2D eigenvalue weighted by Crippen LogP contribution is -2.48. The van der Waals surface area contributed by atoms with Gasteiger partial charge in [0, 0.05) is 36.9 Å². The number of halogens is 1. The highest BCUT2D eigenvalue weighted by molar-refractivity contribution is 7.89. The molecule has 5 nitrogen and oxygen atoms in total. The Morgan fingerprint density at radius 3 is 2.18 bits per heavy atom. The first-order valence-corrected chi connectivity index (χ1v) is 11.2. The van der Waals surface area contributed by atoms with Crippen LogP contribution in [0.1, 0.15) is 25.3 Å². The highest BCUT2D eigenvalue weighted by Crippen LogP contribution is 2.31. The number of hydrogen-bond acceptors (Lipinski definition) is 4. The van der Waals surface area contributed by atoms with Crippen LogP contribution in [0.5, 0.6) is 0 Å². The molecule has 7 heteroatoms. The van der Waals surface area contributed by atoms with E-state index in [4.69, 9.17) is 11.6 Å². The second kappa shape index (κ2) is 8.52. The van der Waals surface area contributed by atoms with E-state index in [-0.39, 0.29) is 10.8 Å². The van der Waals surface area contributed by atoms with Crippen LogP contribution < -0.4 is 4.90 Å². The molecule has 28 heavy (non-hydrogen) atoms. The van der Waals surface area contributed by atoms with E-state index in [9.17, 15) is 13.7 Å². The number of hydrogen-bond donors (Lipinski definition) is 0. The first kappa shape index (κ1) is 20.7. The van der Waals surface area contributed by atoms with Gasteiger partial charge in [-0.3, -0.25) is 0 Å². The van der Waals surface area contributed by atoms with Gasteiger partial charge in [-0.15, -0.1) is 0 Å². The van der Waals surface area contributed by atoms with E-state index < -0.39 is 15.9 Å². The van der Waals surface area contributed by atoms with E-state index in [1.165, 1.54) is 4.31 Å². The number of sulfonamides is 1. The van der Waals surface area contributed by atoms with Gasteiger partial charge >= 0.3 is 0 Å². The lowest BCUT2D eigenvalue weighted by Gasteiger charge is -2.36. The van der Waals surface area contributed by atoms with Gasteiger partial charge in [-0.2, -0.15) is 9.57 Å². The van der Waals surface area contributed by atoms with Crippen LogP contribution in [0.2, 0.25) is 5.02 Å². The van der Waals surface area contributed by atoms with Crippen LogP contribution in [-0.2, 0) is 10.0 Å². The zero-order valence-corrected chi connectivity index (χ0v) is 17.6. The van der Waals surface area contributed by atoms with E-state index in [2.05, 4.69) is 11.0 Å². The second-order valence-electron chi connectivity index (χ2n) is 7.26. The molecule has 0 radical (unpaired) electrons. The third-order valence-electron chi connectivity index (χ3n) is 5.11. The monoisotopic (exact) mass is 417 g/mol.